The zero-order valence-corrected chi connectivity index (χ0v) is 21.0. The summed E-state index contributed by atoms with van der Waals surface area (Å²) in [7, 11) is 1.50. The van der Waals surface area contributed by atoms with Crippen LogP contribution in [0.2, 0.25) is 0 Å². The quantitative estimate of drug-likeness (QED) is 0.283. The molecule has 2 aromatic carbocycles. The van der Waals surface area contributed by atoms with Crippen LogP contribution in [0.3, 0.4) is 0 Å². The number of Topliss-reactive ketones (excluding diaryl/α,β-unsaturated/α-hetero) is 1. The standard InChI is InChI=1S/C29H31N3O2.CH5N/c1-2-19-17-23(19)9-6-16-30-29(34)22-12-10-21(11-13-22)28-31-25-15-14-24(18-26(25)32-28)27(33)20-7-4-3-5-8-20;1-2/h2,6,9-15,18-20,23H,1,3-5,7-8,16-17H2,(H,30,34)(H,31,32);2H2,1H3/b9-6-;. The maximum Gasteiger partial charge on any atom is 0.251 e. The van der Waals surface area contributed by atoms with Crippen LogP contribution < -0.4 is 11.1 Å². The Hall–Kier alpha value is -3.51. The Morgan fingerprint density at radius 2 is 1.78 bits per heavy atom. The lowest BCUT2D eigenvalue weighted by atomic mass is 9.84. The molecule has 2 aliphatic rings. The molecule has 2 unspecified atom stereocenters. The molecule has 0 radical (unpaired) electrons. The molecule has 2 fully saturated rings. The maximum atomic E-state index is 12.9. The minimum absolute atomic E-state index is 0.0947. The van der Waals surface area contributed by atoms with Crippen molar-refractivity contribution < 1.29 is 9.59 Å². The second-order valence-electron chi connectivity index (χ2n) is 9.53. The zero-order valence-electron chi connectivity index (χ0n) is 21.0. The van der Waals surface area contributed by atoms with Crippen LogP contribution in [-0.2, 0) is 0 Å². The summed E-state index contributed by atoms with van der Waals surface area (Å²) in [6.45, 7) is 4.33. The Bertz CT molecular complexity index is 1240. The number of hydrogen-bond acceptors (Lipinski definition) is 4. The monoisotopic (exact) mass is 484 g/mol. The van der Waals surface area contributed by atoms with Crippen molar-refractivity contribution in [1.29, 1.82) is 0 Å². The van der Waals surface area contributed by atoms with Gasteiger partial charge in [0.1, 0.15) is 5.82 Å². The van der Waals surface area contributed by atoms with E-state index in [1.165, 1.54) is 13.5 Å². The number of amides is 1. The largest absolute Gasteiger partial charge is 0.349 e. The van der Waals surface area contributed by atoms with Crippen molar-refractivity contribution in [3.05, 3.63) is 78.4 Å². The summed E-state index contributed by atoms with van der Waals surface area (Å²) in [6.07, 6.45) is 12.9. The molecule has 1 heterocycles. The molecule has 2 saturated carbocycles. The molecule has 5 rings (SSSR count). The summed E-state index contributed by atoms with van der Waals surface area (Å²) < 4.78 is 0. The average Bonchev–Trinajstić information content (AvgIpc) is 3.58. The molecule has 188 valence electrons. The first kappa shape index (κ1) is 25.6. The molecule has 0 saturated heterocycles. The van der Waals surface area contributed by atoms with Crippen LogP contribution in [0, 0.1) is 17.8 Å². The lowest BCUT2D eigenvalue weighted by Crippen LogP contribution is -2.23. The van der Waals surface area contributed by atoms with E-state index in [1.807, 2.05) is 54.6 Å². The predicted molar refractivity (Wildman–Crippen MR) is 146 cm³/mol. The highest BCUT2D eigenvalue weighted by molar-refractivity contribution is 6.00. The Morgan fingerprint density at radius 3 is 2.47 bits per heavy atom. The number of nitrogens with zero attached hydrogens (tertiary/aromatic N) is 1. The fraction of sp³-hybridized carbons (Fsp3) is 0.367. The fourth-order valence-corrected chi connectivity index (χ4v) is 4.90. The summed E-state index contributed by atoms with van der Waals surface area (Å²) in [6, 6.07) is 13.2. The number of fused-ring (bicyclic) bond motifs is 1. The van der Waals surface area contributed by atoms with Gasteiger partial charge in [0.2, 0.25) is 0 Å². The topological polar surface area (TPSA) is 101 Å². The lowest BCUT2D eigenvalue weighted by molar-refractivity contribution is 0.0889. The first-order chi connectivity index (χ1) is 17.6. The summed E-state index contributed by atoms with van der Waals surface area (Å²) in [5, 5.41) is 2.93. The predicted octanol–water partition coefficient (Wildman–Crippen LogP) is 5.68. The van der Waals surface area contributed by atoms with E-state index in [-0.39, 0.29) is 17.6 Å². The number of rotatable bonds is 8. The third-order valence-electron chi connectivity index (χ3n) is 7.12. The number of hydrogen-bond donors (Lipinski definition) is 3. The molecule has 1 aromatic heterocycles. The number of carbonyl (C=O) groups is 2. The van der Waals surface area contributed by atoms with Gasteiger partial charge in [0, 0.05) is 29.2 Å². The normalized spacial score (nSPS) is 19.5. The Labute approximate surface area is 213 Å². The minimum atomic E-state index is -0.0947. The minimum Gasteiger partial charge on any atom is -0.349 e. The van der Waals surface area contributed by atoms with E-state index < -0.39 is 0 Å². The number of imidazole rings is 1. The van der Waals surface area contributed by atoms with Crippen molar-refractivity contribution in [2.75, 3.05) is 13.6 Å². The van der Waals surface area contributed by atoms with E-state index in [9.17, 15) is 9.59 Å². The number of aromatic nitrogens is 2. The highest BCUT2D eigenvalue weighted by Gasteiger charge is 2.31. The summed E-state index contributed by atoms with van der Waals surface area (Å²) in [5.41, 5.74) is 8.47. The van der Waals surface area contributed by atoms with Gasteiger partial charge in [-0.05, 0) is 68.5 Å². The SMILES string of the molecule is C=CC1CC1/C=C\CNC(=O)c1ccc(-c2nc3ccc(C(=O)C4CCCCC4)cc3[nH]2)cc1.CN. The van der Waals surface area contributed by atoms with Gasteiger partial charge in [-0.15, -0.1) is 6.58 Å². The smallest absolute Gasteiger partial charge is 0.251 e. The van der Waals surface area contributed by atoms with Crippen molar-refractivity contribution >= 4 is 22.7 Å². The van der Waals surface area contributed by atoms with Crippen LogP contribution in [0.15, 0.2) is 67.3 Å². The molecular formula is C30H36N4O2. The second kappa shape index (κ2) is 12.0. The number of benzene rings is 2. The van der Waals surface area contributed by atoms with Gasteiger partial charge < -0.3 is 16.0 Å². The molecule has 4 N–H and O–H groups in total. The van der Waals surface area contributed by atoms with E-state index in [2.05, 4.69) is 33.7 Å². The molecule has 2 atom stereocenters. The van der Waals surface area contributed by atoms with Crippen molar-refractivity contribution in [2.24, 2.45) is 23.5 Å². The van der Waals surface area contributed by atoms with Crippen molar-refractivity contribution in [2.45, 2.75) is 38.5 Å². The van der Waals surface area contributed by atoms with E-state index in [1.54, 1.807) is 0 Å². The summed E-state index contributed by atoms with van der Waals surface area (Å²) >= 11 is 0. The van der Waals surface area contributed by atoms with Gasteiger partial charge in [-0.1, -0.05) is 49.6 Å². The number of aromatic amines is 1. The molecule has 36 heavy (non-hydrogen) atoms. The number of nitrogens with two attached hydrogens (primary N) is 1. The van der Waals surface area contributed by atoms with E-state index in [0.717, 1.165) is 60.1 Å². The van der Waals surface area contributed by atoms with E-state index >= 15 is 0 Å². The zero-order chi connectivity index (χ0) is 25.5. The molecule has 0 spiro atoms. The number of ketones is 1. The van der Waals surface area contributed by atoms with Crippen LogP contribution in [0.5, 0.6) is 0 Å². The molecule has 1 amide bonds. The highest BCUT2D eigenvalue weighted by Crippen LogP contribution is 2.40. The van der Waals surface area contributed by atoms with Crippen molar-refractivity contribution in [3.63, 3.8) is 0 Å². The number of nitrogens with one attached hydrogen (secondary N) is 2. The number of allylic oxidation sites excluding steroid dienone is 2. The van der Waals surface area contributed by atoms with Crippen LogP contribution in [-0.4, -0.2) is 35.3 Å². The van der Waals surface area contributed by atoms with Gasteiger partial charge in [-0.25, -0.2) is 4.98 Å². The van der Waals surface area contributed by atoms with E-state index in [4.69, 9.17) is 0 Å². The maximum absolute atomic E-state index is 12.9. The third kappa shape index (κ3) is 6.00. The molecular weight excluding hydrogens is 448 g/mol. The van der Waals surface area contributed by atoms with Crippen LogP contribution in [0.25, 0.3) is 22.4 Å². The van der Waals surface area contributed by atoms with Crippen molar-refractivity contribution in [3.8, 4) is 11.4 Å². The van der Waals surface area contributed by atoms with Gasteiger partial charge in [0.15, 0.2) is 5.78 Å². The highest BCUT2D eigenvalue weighted by atomic mass is 16.1. The third-order valence-corrected chi connectivity index (χ3v) is 7.12. The van der Waals surface area contributed by atoms with Crippen LogP contribution in [0.1, 0.15) is 59.2 Å². The first-order valence-electron chi connectivity index (χ1n) is 12.9. The Balaban J connectivity index is 0.00000148. The van der Waals surface area contributed by atoms with Crippen molar-refractivity contribution in [1.82, 2.24) is 15.3 Å². The molecule has 0 bridgehead atoms. The average molecular weight is 485 g/mol. The van der Waals surface area contributed by atoms with Gasteiger partial charge in [-0.3, -0.25) is 9.59 Å². The summed E-state index contributed by atoms with van der Waals surface area (Å²) in [4.78, 5) is 33.4. The second-order valence-corrected chi connectivity index (χ2v) is 9.53. The van der Waals surface area contributed by atoms with Crippen LogP contribution in [0.4, 0.5) is 0 Å². The Kier molecular flexibility index (Phi) is 8.49. The molecule has 2 aliphatic carbocycles. The number of H-pyrrole nitrogens is 1. The molecule has 6 nitrogen and oxygen atoms in total. The molecule has 0 aliphatic heterocycles. The van der Waals surface area contributed by atoms with Gasteiger partial charge in [-0.2, -0.15) is 0 Å². The van der Waals surface area contributed by atoms with Gasteiger partial charge in [0.05, 0.1) is 11.0 Å². The summed E-state index contributed by atoms with van der Waals surface area (Å²) in [5.74, 6) is 2.22. The molecule has 3 aromatic rings. The number of carbonyl (C=O) groups excluding carboxylic acids is 2. The van der Waals surface area contributed by atoms with Gasteiger partial charge >= 0.3 is 0 Å². The van der Waals surface area contributed by atoms with Gasteiger partial charge in [0.25, 0.3) is 5.91 Å². The van der Waals surface area contributed by atoms with E-state index in [0.29, 0.717) is 23.9 Å². The van der Waals surface area contributed by atoms with Crippen LogP contribution >= 0.6 is 0 Å². The first-order valence-corrected chi connectivity index (χ1v) is 12.9. The molecule has 6 heteroatoms. The Morgan fingerprint density at radius 1 is 1.06 bits per heavy atom. The lowest BCUT2D eigenvalue weighted by Gasteiger charge is -2.20. The fourth-order valence-electron chi connectivity index (χ4n) is 4.90.